The Morgan fingerprint density at radius 1 is 1.36 bits per heavy atom. The van der Waals surface area contributed by atoms with Gasteiger partial charge in [0.15, 0.2) is 0 Å². The Morgan fingerprint density at radius 3 is 2.00 bits per heavy atom. The fourth-order valence-electron chi connectivity index (χ4n) is 1.95. The third-order valence-electron chi connectivity index (χ3n) is 2.24. The number of β-lactam (4-membered cyclic amide) rings is 1. The average molecular weight is 153 g/mol. The number of amides is 1. The summed E-state index contributed by atoms with van der Waals surface area (Å²) in [6.45, 7) is 8.02. The highest BCUT2D eigenvalue weighted by Gasteiger charge is 2.47. The molecule has 0 saturated carbocycles. The van der Waals surface area contributed by atoms with Gasteiger partial charge in [-0.25, -0.2) is 0 Å². The molecule has 1 heterocycles. The SMILES string of the molecule is CC(C)=C1N(C)C(=O)C1(C)C. The normalized spacial score (nSPS) is 21.7. The predicted octanol–water partition coefficient (Wildman–Crippen LogP) is 1.78. The van der Waals surface area contributed by atoms with E-state index in [2.05, 4.69) is 0 Å². The summed E-state index contributed by atoms with van der Waals surface area (Å²) in [7, 11) is 1.83. The summed E-state index contributed by atoms with van der Waals surface area (Å²) in [6.07, 6.45) is 0. The molecule has 0 unspecified atom stereocenters. The maximum absolute atomic E-state index is 11.3. The molecule has 1 fully saturated rings. The highest BCUT2D eigenvalue weighted by atomic mass is 16.2. The molecule has 0 aromatic carbocycles. The number of nitrogens with zero attached hydrogens (tertiary/aromatic N) is 1. The van der Waals surface area contributed by atoms with Crippen molar-refractivity contribution in [1.82, 2.24) is 4.90 Å². The van der Waals surface area contributed by atoms with Gasteiger partial charge in [-0.05, 0) is 27.7 Å². The quantitative estimate of drug-likeness (QED) is 0.486. The molecule has 0 bridgehead atoms. The van der Waals surface area contributed by atoms with Crippen LogP contribution in [0.15, 0.2) is 11.3 Å². The second-order valence-corrected chi connectivity index (χ2v) is 3.84. The lowest BCUT2D eigenvalue weighted by molar-refractivity contribution is -0.146. The second-order valence-electron chi connectivity index (χ2n) is 3.84. The van der Waals surface area contributed by atoms with Crippen molar-refractivity contribution in [1.29, 1.82) is 0 Å². The first kappa shape index (κ1) is 8.31. The number of allylic oxidation sites excluding steroid dienone is 1. The van der Waals surface area contributed by atoms with E-state index >= 15 is 0 Å². The molecule has 1 aliphatic heterocycles. The molecule has 1 amide bonds. The van der Waals surface area contributed by atoms with Crippen molar-refractivity contribution in [3.63, 3.8) is 0 Å². The van der Waals surface area contributed by atoms with Gasteiger partial charge in [-0.3, -0.25) is 4.79 Å². The molecule has 0 radical (unpaired) electrons. The van der Waals surface area contributed by atoms with Gasteiger partial charge in [0.25, 0.3) is 0 Å². The van der Waals surface area contributed by atoms with Crippen LogP contribution >= 0.6 is 0 Å². The van der Waals surface area contributed by atoms with Gasteiger partial charge < -0.3 is 4.90 Å². The van der Waals surface area contributed by atoms with Crippen LogP contribution in [-0.4, -0.2) is 17.9 Å². The summed E-state index contributed by atoms with van der Waals surface area (Å²) in [4.78, 5) is 13.0. The van der Waals surface area contributed by atoms with E-state index in [9.17, 15) is 4.79 Å². The highest BCUT2D eigenvalue weighted by Crippen LogP contribution is 2.42. The maximum atomic E-state index is 11.3. The number of likely N-dealkylation sites (tertiary alicyclic amines) is 1. The van der Waals surface area contributed by atoms with E-state index in [4.69, 9.17) is 0 Å². The van der Waals surface area contributed by atoms with Gasteiger partial charge in [0.1, 0.15) is 0 Å². The van der Waals surface area contributed by atoms with E-state index < -0.39 is 0 Å². The molecular formula is C9H15NO. The minimum Gasteiger partial charge on any atom is -0.317 e. The Kier molecular flexibility index (Phi) is 1.58. The predicted molar refractivity (Wildman–Crippen MR) is 44.9 cm³/mol. The molecule has 62 valence electrons. The molecule has 2 nitrogen and oxygen atoms in total. The van der Waals surface area contributed by atoms with Crippen molar-refractivity contribution in [2.75, 3.05) is 7.05 Å². The van der Waals surface area contributed by atoms with E-state index in [1.54, 1.807) is 4.90 Å². The lowest BCUT2D eigenvalue weighted by Crippen LogP contribution is -2.54. The van der Waals surface area contributed by atoms with Crippen LogP contribution < -0.4 is 0 Å². The van der Waals surface area contributed by atoms with Gasteiger partial charge in [0.2, 0.25) is 5.91 Å². The molecule has 0 spiro atoms. The fraction of sp³-hybridized carbons (Fsp3) is 0.667. The van der Waals surface area contributed by atoms with Crippen LogP contribution in [0.2, 0.25) is 0 Å². The van der Waals surface area contributed by atoms with Crippen LogP contribution in [0.4, 0.5) is 0 Å². The van der Waals surface area contributed by atoms with Crippen molar-refractivity contribution in [2.24, 2.45) is 5.41 Å². The summed E-state index contributed by atoms with van der Waals surface area (Å²) in [5, 5.41) is 0. The molecule has 2 heteroatoms. The maximum Gasteiger partial charge on any atom is 0.238 e. The monoisotopic (exact) mass is 153 g/mol. The van der Waals surface area contributed by atoms with Crippen molar-refractivity contribution in [2.45, 2.75) is 27.7 Å². The van der Waals surface area contributed by atoms with Gasteiger partial charge in [-0.1, -0.05) is 5.57 Å². The second kappa shape index (κ2) is 2.10. The molecule has 0 N–H and O–H groups in total. The Balaban J connectivity index is 3.05. The Bertz CT molecular complexity index is 234. The lowest BCUT2D eigenvalue weighted by Gasteiger charge is -2.46. The number of hydrogen-bond acceptors (Lipinski definition) is 1. The van der Waals surface area contributed by atoms with Crippen LogP contribution in [0, 0.1) is 5.41 Å². The van der Waals surface area contributed by atoms with Gasteiger partial charge in [-0.2, -0.15) is 0 Å². The molecular weight excluding hydrogens is 138 g/mol. The lowest BCUT2D eigenvalue weighted by atomic mass is 9.77. The topological polar surface area (TPSA) is 20.3 Å². The van der Waals surface area contributed by atoms with Gasteiger partial charge >= 0.3 is 0 Å². The molecule has 0 aromatic heterocycles. The zero-order valence-electron chi connectivity index (χ0n) is 7.86. The van der Waals surface area contributed by atoms with E-state index in [0.717, 1.165) is 0 Å². The first-order chi connectivity index (χ1) is 4.89. The third-order valence-corrected chi connectivity index (χ3v) is 2.24. The standard InChI is InChI=1S/C9H15NO/c1-6(2)7-9(3,4)8(11)10(7)5/h1-5H3. The number of carbonyl (C=O) groups is 1. The Hall–Kier alpha value is -0.790. The summed E-state index contributed by atoms with van der Waals surface area (Å²) < 4.78 is 0. The number of rotatable bonds is 0. The number of hydrogen-bond donors (Lipinski definition) is 0. The van der Waals surface area contributed by atoms with Crippen molar-refractivity contribution >= 4 is 5.91 Å². The van der Waals surface area contributed by atoms with E-state index in [0.29, 0.717) is 0 Å². The molecule has 1 aliphatic rings. The van der Waals surface area contributed by atoms with E-state index in [1.807, 2.05) is 34.7 Å². The molecule has 11 heavy (non-hydrogen) atoms. The van der Waals surface area contributed by atoms with Crippen LogP contribution in [0.1, 0.15) is 27.7 Å². The number of carbonyl (C=O) groups excluding carboxylic acids is 1. The van der Waals surface area contributed by atoms with Crippen LogP contribution in [0.25, 0.3) is 0 Å². The molecule has 1 rings (SSSR count). The zero-order chi connectivity index (χ0) is 8.81. The minimum absolute atomic E-state index is 0.216. The largest absolute Gasteiger partial charge is 0.317 e. The Morgan fingerprint density at radius 2 is 1.82 bits per heavy atom. The van der Waals surface area contributed by atoms with Crippen LogP contribution in [-0.2, 0) is 4.79 Å². The van der Waals surface area contributed by atoms with Gasteiger partial charge in [0.05, 0.1) is 5.41 Å². The average Bonchev–Trinajstić information content (AvgIpc) is 1.85. The molecule has 0 aliphatic carbocycles. The molecule has 0 aromatic rings. The smallest absolute Gasteiger partial charge is 0.238 e. The summed E-state index contributed by atoms with van der Waals surface area (Å²) >= 11 is 0. The van der Waals surface area contributed by atoms with Crippen molar-refractivity contribution in [3.05, 3.63) is 11.3 Å². The van der Waals surface area contributed by atoms with Crippen LogP contribution in [0.5, 0.6) is 0 Å². The highest BCUT2D eigenvalue weighted by molar-refractivity contribution is 5.94. The minimum atomic E-state index is -0.242. The Labute approximate surface area is 67.9 Å². The summed E-state index contributed by atoms with van der Waals surface area (Å²) in [5.41, 5.74) is 2.16. The first-order valence-corrected chi connectivity index (χ1v) is 3.85. The third kappa shape index (κ3) is 0.889. The van der Waals surface area contributed by atoms with E-state index in [-0.39, 0.29) is 11.3 Å². The summed E-state index contributed by atoms with van der Waals surface area (Å²) in [5.74, 6) is 0.216. The van der Waals surface area contributed by atoms with Crippen LogP contribution in [0.3, 0.4) is 0 Å². The van der Waals surface area contributed by atoms with Gasteiger partial charge in [0, 0.05) is 12.7 Å². The first-order valence-electron chi connectivity index (χ1n) is 3.85. The zero-order valence-corrected chi connectivity index (χ0v) is 7.86. The molecule has 1 saturated heterocycles. The van der Waals surface area contributed by atoms with E-state index in [1.165, 1.54) is 11.3 Å². The molecule has 0 atom stereocenters. The fourth-order valence-corrected chi connectivity index (χ4v) is 1.95. The van der Waals surface area contributed by atoms with Crippen molar-refractivity contribution in [3.8, 4) is 0 Å². The van der Waals surface area contributed by atoms with Crippen molar-refractivity contribution < 1.29 is 4.79 Å². The summed E-state index contributed by atoms with van der Waals surface area (Å²) in [6, 6.07) is 0. The van der Waals surface area contributed by atoms with Gasteiger partial charge in [-0.15, -0.1) is 0 Å².